The van der Waals surface area contributed by atoms with Crippen molar-refractivity contribution in [3.63, 3.8) is 0 Å². The van der Waals surface area contributed by atoms with Gasteiger partial charge in [-0.3, -0.25) is 0 Å². The largest absolute Gasteiger partial charge is 0.493 e. The van der Waals surface area contributed by atoms with E-state index in [1.54, 1.807) is 11.3 Å². The number of ether oxygens (including phenoxy) is 1. The Hall–Kier alpha value is -0.840. The standard InChI is InChI=1S/C15H16BrNOS/c1-2-17-15(14-8-12(16)9-19-14)11-3-4-13-10(7-11)5-6-18-13/h3-4,7-9,15,17H,2,5-6H2,1H3. The Kier molecular flexibility index (Phi) is 3.91. The molecule has 1 aliphatic rings. The van der Waals surface area contributed by atoms with Crippen LogP contribution in [0.1, 0.15) is 29.0 Å². The van der Waals surface area contributed by atoms with E-state index in [4.69, 9.17) is 4.74 Å². The van der Waals surface area contributed by atoms with E-state index in [1.165, 1.54) is 16.0 Å². The monoisotopic (exact) mass is 337 g/mol. The first-order chi connectivity index (χ1) is 9.28. The Morgan fingerprint density at radius 1 is 1.42 bits per heavy atom. The van der Waals surface area contributed by atoms with Gasteiger partial charge in [0.2, 0.25) is 0 Å². The molecular weight excluding hydrogens is 322 g/mol. The first kappa shape index (κ1) is 13.2. The third kappa shape index (κ3) is 2.71. The van der Waals surface area contributed by atoms with Crippen molar-refractivity contribution in [3.8, 4) is 5.75 Å². The molecule has 1 atom stereocenters. The molecule has 1 aliphatic heterocycles. The molecule has 2 heterocycles. The maximum Gasteiger partial charge on any atom is 0.122 e. The Morgan fingerprint density at radius 3 is 3.05 bits per heavy atom. The molecule has 3 rings (SSSR count). The Balaban J connectivity index is 1.95. The van der Waals surface area contributed by atoms with Crippen molar-refractivity contribution in [3.05, 3.63) is 50.1 Å². The molecule has 0 fully saturated rings. The second kappa shape index (κ2) is 5.65. The molecule has 0 bridgehead atoms. The molecule has 0 spiro atoms. The minimum Gasteiger partial charge on any atom is -0.493 e. The molecule has 0 saturated carbocycles. The van der Waals surface area contributed by atoms with Crippen molar-refractivity contribution in [2.24, 2.45) is 0 Å². The number of hydrogen-bond donors (Lipinski definition) is 1. The van der Waals surface area contributed by atoms with Gasteiger partial charge in [0, 0.05) is 21.2 Å². The van der Waals surface area contributed by atoms with Gasteiger partial charge in [0.15, 0.2) is 0 Å². The van der Waals surface area contributed by atoms with E-state index in [0.29, 0.717) is 0 Å². The van der Waals surface area contributed by atoms with Crippen molar-refractivity contribution in [2.75, 3.05) is 13.2 Å². The summed E-state index contributed by atoms with van der Waals surface area (Å²) in [5.74, 6) is 1.05. The molecule has 2 aromatic rings. The average molecular weight is 338 g/mol. The number of thiophene rings is 1. The lowest BCUT2D eigenvalue weighted by molar-refractivity contribution is 0.357. The Labute approximate surface area is 125 Å². The van der Waals surface area contributed by atoms with Gasteiger partial charge >= 0.3 is 0 Å². The third-order valence-corrected chi connectivity index (χ3v) is 5.09. The van der Waals surface area contributed by atoms with E-state index >= 15 is 0 Å². The topological polar surface area (TPSA) is 21.3 Å². The molecule has 0 saturated heterocycles. The summed E-state index contributed by atoms with van der Waals surface area (Å²) in [5.41, 5.74) is 2.65. The van der Waals surface area contributed by atoms with Crippen molar-refractivity contribution >= 4 is 27.3 Å². The predicted octanol–water partition coefficient (Wildman–Crippen LogP) is 4.14. The van der Waals surface area contributed by atoms with Gasteiger partial charge in [0.25, 0.3) is 0 Å². The van der Waals surface area contributed by atoms with Crippen LogP contribution in [-0.4, -0.2) is 13.2 Å². The summed E-state index contributed by atoms with van der Waals surface area (Å²) in [6.07, 6.45) is 1.02. The number of rotatable bonds is 4. The van der Waals surface area contributed by atoms with Crippen LogP contribution in [0, 0.1) is 0 Å². The van der Waals surface area contributed by atoms with E-state index in [1.807, 2.05) is 0 Å². The van der Waals surface area contributed by atoms with Gasteiger partial charge in [0.1, 0.15) is 5.75 Å². The van der Waals surface area contributed by atoms with Crippen LogP contribution >= 0.6 is 27.3 Å². The fraction of sp³-hybridized carbons (Fsp3) is 0.333. The highest BCUT2D eigenvalue weighted by molar-refractivity contribution is 9.10. The number of nitrogens with one attached hydrogen (secondary N) is 1. The molecular formula is C15H16BrNOS. The van der Waals surface area contributed by atoms with Crippen LogP contribution in [0.25, 0.3) is 0 Å². The van der Waals surface area contributed by atoms with E-state index in [0.717, 1.165) is 29.8 Å². The van der Waals surface area contributed by atoms with E-state index in [9.17, 15) is 0 Å². The minimum atomic E-state index is 0.271. The van der Waals surface area contributed by atoms with E-state index in [2.05, 4.69) is 57.8 Å². The van der Waals surface area contributed by atoms with Gasteiger partial charge in [-0.2, -0.15) is 0 Å². The highest BCUT2D eigenvalue weighted by atomic mass is 79.9. The molecule has 100 valence electrons. The summed E-state index contributed by atoms with van der Waals surface area (Å²) in [5, 5.41) is 5.70. The fourth-order valence-corrected chi connectivity index (χ4v) is 4.00. The normalized spacial score (nSPS) is 15.1. The van der Waals surface area contributed by atoms with Crippen molar-refractivity contribution in [2.45, 2.75) is 19.4 Å². The lowest BCUT2D eigenvalue weighted by Gasteiger charge is -2.17. The van der Waals surface area contributed by atoms with Crippen LogP contribution in [0.3, 0.4) is 0 Å². The van der Waals surface area contributed by atoms with Crippen molar-refractivity contribution in [1.82, 2.24) is 5.32 Å². The first-order valence-electron chi connectivity index (χ1n) is 6.51. The maximum atomic E-state index is 5.58. The lowest BCUT2D eigenvalue weighted by Crippen LogP contribution is -2.21. The Morgan fingerprint density at radius 2 is 2.32 bits per heavy atom. The van der Waals surface area contributed by atoms with Crippen LogP contribution < -0.4 is 10.1 Å². The molecule has 1 N–H and O–H groups in total. The SMILES string of the molecule is CCNC(c1ccc2c(c1)CCO2)c1cc(Br)cs1. The molecule has 1 aromatic heterocycles. The second-order valence-electron chi connectivity index (χ2n) is 4.62. The zero-order valence-electron chi connectivity index (χ0n) is 10.8. The predicted molar refractivity (Wildman–Crippen MR) is 83.2 cm³/mol. The first-order valence-corrected chi connectivity index (χ1v) is 8.18. The number of fused-ring (bicyclic) bond motifs is 1. The van der Waals surface area contributed by atoms with Crippen LogP contribution in [0.2, 0.25) is 0 Å². The summed E-state index contributed by atoms with van der Waals surface area (Å²) in [6.45, 7) is 3.91. The van der Waals surface area contributed by atoms with Gasteiger partial charge in [-0.15, -0.1) is 11.3 Å². The summed E-state index contributed by atoms with van der Waals surface area (Å²) in [7, 11) is 0. The average Bonchev–Trinajstić information content (AvgIpc) is 3.03. The number of halogens is 1. The second-order valence-corrected chi connectivity index (χ2v) is 6.48. The van der Waals surface area contributed by atoms with Gasteiger partial charge < -0.3 is 10.1 Å². The van der Waals surface area contributed by atoms with Crippen LogP contribution in [0.4, 0.5) is 0 Å². The molecule has 4 heteroatoms. The summed E-state index contributed by atoms with van der Waals surface area (Å²) < 4.78 is 6.73. The number of benzene rings is 1. The smallest absolute Gasteiger partial charge is 0.122 e. The lowest BCUT2D eigenvalue weighted by atomic mass is 10.0. The highest BCUT2D eigenvalue weighted by Crippen LogP contribution is 2.33. The minimum absolute atomic E-state index is 0.271. The fourth-order valence-electron chi connectivity index (χ4n) is 2.45. The zero-order chi connectivity index (χ0) is 13.2. The van der Waals surface area contributed by atoms with Crippen molar-refractivity contribution in [1.29, 1.82) is 0 Å². The molecule has 0 aliphatic carbocycles. The van der Waals surface area contributed by atoms with Crippen LogP contribution in [0.5, 0.6) is 5.75 Å². The van der Waals surface area contributed by atoms with Crippen molar-refractivity contribution < 1.29 is 4.74 Å². The van der Waals surface area contributed by atoms with Gasteiger partial charge in [-0.05, 0) is 45.7 Å². The maximum absolute atomic E-state index is 5.58. The van der Waals surface area contributed by atoms with Gasteiger partial charge in [0.05, 0.1) is 12.6 Å². The summed E-state index contributed by atoms with van der Waals surface area (Å²) >= 11 is 5.32. The molecule has 1 aromatic carbocycles. The van der Waals surface area contributed by atoms with Gasteiger partial charge in [-0.1, -0.05) is 19.1 Å². The van der Waals surface area contributed by atoms with Gasteiger partial charge in [-0.25, -0.2) is 0 Å². The van der Waals surface area contributed by atoms with Crippen LogP contribution in [-0.2, 0) is 6.42 Å². The zero-order valence-corrected chi connectivity index (χ0v) is 13.2. The molecule has 0 radical (unpaired) electrons. The number of hydrogen-bond acceptors (Lipinski definition) is 3. The highest BCUT2D eigenvalue weighted by Gasteiger charge is 2.19. The summed E-state index contributed by atoms with van der Waals surface area (Å²) in [4.78, 5) is 1.34. The quantitative estimate of drug-likeness (QED) is 0.904. The summed E-state index contributed by atoms with van der Waals surface area (Å²) in [6, 6.07) is 9.02. The van der Waals surface area contributed by atoms with E-state index in [-0.39, 0.29) is 6.04 Å². The molecule has 2 nitrogen and oxygen atoms in total. The Bertz CT molecular complexity index is 581. The van der Waals surface area contributed by atoms with E-state index < -0.39 is 0 Å². The third-order valence-electron chi connectivity index (χ3n) is 3.33. The molecule has 1 unspecified atom stereocenters. The molecule has 0 amide bonds. The molecule has 19 heavy (non-hydrogen) atoms. The van der Waals surface area contributed by atoms with Crippen LogP contribution in [0.15, 0.2) is 34.1 Å².